The molecular weight excluding hydrogens is 276 g/mol. The maximum Gasteiger partial charge on any atom is 0.341 e. The molecule has 0 spiro atoms. The summed E-state index contributed by atoms with van der Waals surface area (Å²) < 4.78 is 4.85. The molecule has 1 rings (SSSR count). The Kier molecular flexibility index (Phi) is 4.25. The Bertz CT molecular complexity index is 482. The van der Waals surface area contributed by atoms with Crippen LogP contribution < -0.4 is 4.74 Å². The van der Waals surface area contributed by atoms with Gasteiger partial charge in [-0.1, -0.05) is 34.8 Å². The van der Waals surface area contributed by atoms with Crippen molar-refractivity contribution in [2.45, 2.75) is 0 Å². The molecule has 0 bridgehead atoms. The molecule has 0 heterocycles. The van der Waals surface area contributed by atoms with Crippen molar-refractivity contribution in [3.8, 4) is 11.8 Å². The lowest BCUT2D eigenvalue weighted by Gasteiger charge is -2.09. The van der Waals surface area contributed by atoms with Gasteiger partial charge in [0.05, 0.1) is 15.6 Å². The fourth-order valence-corrected chi connectivity index (χ4v) is 1.90. The Hall–Kier alpha value is -1.15. The highest BCUT2D eigenvalue weighted by Gasteiger charge is 2.17. The number of nitrogens with zero attached hydrogens (tertiary/aromatic N) is 1. The van der Waals surface area contributed by atoms with Crippen LogP contribution in [0.4, 0.5) is 0 Å². The van der Waals surface area contributed by atoms with Crippen molar-refractivity contribution in [3.05, 3.63) is 26.7 Å². The van der Waals surface area contributed by atoms with Crippen molar-refractivity contribution < 1.29 is 14.6 Å². The Morgan fingerprint density at radius 3 is 2.56 bits per heavy atom. The number of carboxylic acid groups (broad SMARTS) is 1. The number of hydrogen-bond donors (Lipinski definition) is 1. The van der Waals surface area contributed by atoms with Crippen molar-refractivity contribution >= 4 is 40.8 Å². The summed E-state index contributed by atoms with van der Waals surface area (Å²) in [6, 6.07) is 3.04. The molecule has 0 atom stereocenters. The lowest BCUT2D eigenvalue weighted by Crippen LogP contribution is -2.10. The predicted molar refractivity (Wildman–Crippen MR) is 59.3 cm³/mol. The van der Waals surface area contributed by atoms with Gasteiger partial charge in [0.1, 0.15) is 11.1 Å². The average molecular weight is 280 g/mol. The molecule has 0 radical (unpaired) electrons. The third kappa shape index (κ3) is 2.70. The van der Waals surface area contributed by atoms with E-state index in [2.05, 4.69) is 0 Å². The zero-order chi connectivity index (χ0) is 12.3. The number of carboxylic acids is 1. The molecule has 0 aromatic heterocycles. The van der Waals surface area contributed by atoms with Crippen LogP contribution in [0.3, 0.4) is 0 Å². The third-order valence-corrected chi connectivity index (χ3v) is 2.52. The molecule has 0 saturated carbocycles. The number of halogens is 3. The van der Waals surface area contributed by atoms with Gasteiger partial charge in [-0.05, 0) is 6.07 Å². The van der Waals surface area contributed by atoms with Crippen LogP contribution in [0.5, 0.6) is 5.75 Å². The zero-order valence-corrected chi connectivity index (χ0v) is 9.90. The van der Waals surface area contributed by atoms with E-state index in [4.69, 9.17) is 49.9 Å². The van der Waals surface area contributed by atoms with Gasteiger partial charge in [0.2, 0.25) is 0 Å². The molecule has 1 N–H and O–H groups in total. The van der Waals surface area contributed by atoms with Crippen molar-refractivity contribution in [2.75, 3.05) is 6.61 Å². The Labute approximate surface area is 106 Å². The van der Waals surface area contributed by atoms with E-state index in [0.717, 1.165) is 0 Å². The van der Waals surface area contributed by atoms with Gasteiger partial charge < -0.3 is 9.84 Å². The second-order valence-electron chi connectivity index (χ2n) is 2.65. The number of rotatable bonds is 3. The van der Waals surface area contributed by atoms with Crippen LogP contribution in [-0.4, -0.2) is 17.7 Å². The minimum atomic E-state index is -1.18. The first-order chi connectivity index (χ1) is 7.47. The third-order valence-electron chi connectivity index (χ3n) is 1.58. The standard InChI is InChI=1S/C9H4Cl3NO3/c10-5-1-6(11)9(16-3-7(14)15)8(12)4(5)2-13/h1H,3H2,(H,14,15). The summed E-state index contributed by atoms with van der Waals surface area (Å²) in [5.74, 6) is -1.24. The van der Waals surface area contributed by atoms with E-state index in [1.54, 1.807) is 6.07 Å². The van der Waals surface area contributed by atoms with Crippen LogP contribution in [0.15, 0.2) is 6.07 Å². The van der Waals surface area contributed by atoms with Crippen LogP contribution in [0.25, 0.3) is 0 Å². The molecule has 0 aliphatic rings. The molecule has 16 heavy (non-hydrogen) atoms. The minimum Gasteiger partial charge on any atom is -0.479 e. The van der Waals surface area contributed by atoms with Crippen molar-refractivity contribution in [3.63, 3.8) is 0 Å². The summed E-state index contributed by atoms with van der Waals surface area (Å²) in [5.41, 5.74) is -0.00637. The smallest absolute Gasteiger partial charge is 0.341 e. The Morgan fingerprint density at radius 2 is 2.06 bits per heavy atom. The maximum atomic E-state index is 10.3. The van der Waals surface area contributed by atoms with Gasteiger partial charge in [-0.15, -0.1) is 0 Å². The lowest BCUT2D eigenvalue weighted by molar-refractivity contribution is -0.139. The molecule has 0 aliphatic carbocycles. The number of carbonyl (C=O) groups is 1. The van der Waals surface area contributed by atoms with E-state index >= 15 is 0 Å². The fraction of sp³-hybridized carbons (Fsp3) is 0.111. The average Bonchev–Trinajstić information content (AvgIpc) is 2.16. The summed E-state index contributed by atoms with van der Waals surface area (Å²) in [4.78, 5) is 10.3. The highest BCUT2D eigenvalue weighted by Crippen LogP contribution is 2.39. The Balaban J connectivity index is 3.19. The highest BCUT2D eigenvalue weighted by molar-refractivity contribution is 6.41. The SMILES string of the molecule is N#Cc1c(Cl)cc(Cl)c(OCC(=O)O)c1Cl. The second kappa shape index (κ2) is 5.26. The largest absolute Gasteiger partial charge is 0.479 e. The molecular formula is C9H4Cl3NO3. The van der Waals surface area contributed by atoms with Crippen LogP contribution in [-0.2, 0) is 4.79 Å². The monoisotopic (exact) mass is 279 g/mol. The zero-order valence-electron chi connectivity index (χ0n) is 7.63. The first-order valence-electron chi connectivity index (χ1n) is 3.89. The summed E-state index contributed by atoms with van der Waals surface area (Å²) in [6.07, 6.45) is 0. The first-order valence-corrected chi connectivity index (χ1v) is 5.03. The van der Waals surface area contributed by atoms with Crippen LogP contribution in [0.2, 0.25) is 15.1 Å². The van der Waals surface area contributed by atoms with Gasteiger partial charge in [0.15, 0.2) is 12.4 Å². The second-order valence-corrected chi connectivity index (χ2v) is 3.84. The van der Waals surface area contributed by atoms with Crippen LogP contribution in [0, 0.1) is 11.3 Å². The summed E-state index contributed by atoms with van der Waals surface area (Å²) >= 11 is 17.3. The van der Waals surface area contributed by atoms with Gasteiger partial charge >= 0.3 is 5.97 Å². The highest BCUT2D eigenvalue weighted by atomic mass is 35.5. The molecule has 1 aromatic carbocycles. The number of benzene rings is 1. The number of nitriles is 1. The molecule has 0 fully saturated rings. The van der Waals surface area contributed by atoms with Crippen molar-refractivity contribution in [2.24, 2.45) is 0 Å². The molecule has 84 valence electrons. The molecule has 7 heteroatoms. The fourth-order valence-electron chi connectivity index (χ4n) is 0.941. The van der Waals surface area contributed by atoms with E-state index in [9.17, 15) is 4.79 Å². The van der Waals surface area contributed by atoms with Crippen molar-refractivity contribution in [1.82, 2.24) is 0 Å². The van der Waals surface area contributed by atoms with E-state index < -0.39 is 12.6 Å². The molecule has 0 unspecified atom stereocenters. The van der Waals surface area contributed by atoms with Gasteiger partial charge in [-0.25, -0.2) is 4.79 Å². The molecule has 0 aliphatic heterocycles. The topological polar surface area (TPSA) is 70.3 Å². The number of ether oxygens (including phenoxy) is 1. The van der Waals surface area contributed by atoms with E-state index in [-0.39, 0.29) is 26.4 Å². The first kappa shape index (κ1) is 12.9. The van der Waals surface area contributed by atoms with Gasteiger partial charge in [-0.2, -0.15) is 5.26 Å². The summed E-state index contributed by atoms with van der Waals surface area (Å²) in [7, 11) is 0. The number of hydrogen-bond acceptors (Lipinski definition) is 3. The molecule has 0 saturated heterocycles. The molecule has 0 amide bonds. The van der Waals surface area contributed by atoms with Crippen molar-refractivity contribution in [1.29, 1.82) is 5.26 Å². The van der Waals surface area contributed by atoms with Crippen LogP contribution in [0.1, 0.15) is 5.56 Å². The number of aliphatic carboxylic acids is 1. The quantitative estimate of drug-likeness (QED) is 0.924. The van der Waals surface area contributed by atoms with E-state index in [1.807, 2.05) is 0 Å². The normalized spacial score (nSPS) is 9.62. The van der Waals surface area contributed by atoms with E-state index in [1.165, 1.54) is 6.07 Å². The molecule has 4 nitrogen and oxygen atoms in total. The minimum absolute atomic E-state index is 0.00637. The summed E-state index contributed by atoms with van der Waals surface area (Å²) in [5, 5.41) is 17.2. The maximum absolute atomic E-state index is 10.3. The summed E-state index contributed by atoms with van der Waals surface area (Å²) in [6.45, 7) is -0.605. The lowest BCUT2D eigenvalue weighted by atomic mass is 10.2. The van der Waals surface area contributed by atoms with E-state index in [0.29, 0.717) is 0 Å². The Morgan fingerprint density at radius 1 is 1.44 bits per heavy atom. The van der Waals surface area contributed by atoms with Crippen LogP contribution >= 0.6 is 34.8 Å². The van der Waals surface area contributed by atoms with Gasteiger partial charge in [0.25, 0.3) is 0 Å². The van der Waals surface area contributed by atoms with Gasteiger partial charge in [0, 0.05) is 0 Å². The van der Waals surface area contributed by atoms with Gasteiger partial charge in [-0.3, -0.25) is 0 Å². The molecule has 1 aromatic rings. The predicted octanol–water partition coefficient (Wildman–Crippen LogP) is 2.98.